The summed E-state index contributed by atoms with van der Waals surface area (Å²) in [6.07, 6.45) is -1.31. The van der Waals surface area contributed by atoms with Crippen molar-refractivity contribution in [3.8, 4) is 0 Å². The molecule has 0 spiro atoms. The second kappa shape index (κ2) is 5.32. The zero-order valence-corrected chi connectivity index (χ0v) is 11.6. The normalized spacial score (nSPS) is 17.9. The average Bonchev–Trinajstić information content (AvgIpc) is 2.80. The van der Waals surface area contributed by atoms with E-state index in [0.717, 1.165) is 0 Å². The number of carbonyl (C=O) groups excluding carboxylic acids is 3. The molecule has 0 radical (unpaired) electrons. The number of rotatable bonds is 3. The van der Waals surface area contributed by atoms with Crippen molar-refractivity contribution in [3.63, 3.8) is 0 Å². The van der Waals surface area contributed by atoms with E-state index in [2.05, 4.69) is 0 Å². The topological polar surface area (TPSA) is 66.9 Å². The van der Waals surface area contributed by atoms with Crippen LogP contribution in [0.25, 0.3) is 0 Å². The van der Waals surface area contributed by atoms with Crippen LogP contribution in [-0.2, 0) is 9.53 Å². The van der Waals surface area contributed by atoms with Gasteiger partial charge in [0.15, 0.2) is 11.9 Å². The molecule has 106 valence electrons. The van der Waals surface area contributed by atoms with Crippen molar-refractivity contribution >= 4 is 23.5 Å². The van der Waals surface area contributed by atoms with Crippen LogP contribution < -0.4 is 4.90 Å². The minimum Gasteiger partial charge on any atom is -0.436 e. The van der Waals surface area contributed by atoms with Gasteiger partial charge in [0.2, 0.25) is 0 Å². The summed E-state index contributed by atoms with van der Waals surface area (Å²) in [7, 11) is 3.32. The highest BCUT2D eigenvalue weighted by atomic mass is 16.6. The number of ether oxygens (including phenoxy) is 1. The van der Waals surface area contributed by atoms with Crippen LogP contribution in [0.3, 0.4) is 0 Å². The predicted molar refractivity (Wildman–Crippen MR) is 72.8 cm³/mol. The molecule has 1 aliphatic rings. The van der Waals surface area contributed by atoms with Crippen LogP contribution in [0.4, 0.5) is 10.5 Å². The van der Waals surface area contributed by atoms with Crippen LogP contribution in [0.1, 0.15) is 17.3 Å². The largest absolute Gasteiger partial charge is 0.436 e. The smallest absolute Gasteiger partial charge is 0.415 e. The van der Waals surface area contributed by atoms with Crippen LogP contribution in [0.2, 0.25) is 0 Å². The van der Waals surface area contributed by atoms with E-state index in [4.69, 9.17) is 4.74 Å². The molecular formula is C14H16N2O4. The van der Waals surface area contributed by atoms with Crippen LogP contribution in [0, 0.1) is 0 Å². The molecule has 0 aliphatic carbocycles. The minimum absolute atomic E-state index is 0.150. The first-order chi connectivity index (χ1) is 9.40. The van der Waals surface area contributed by atoms with Gasteiger partial charge in [0.05, 0.1) is 6.54 Å². The third-order valence-corrected chi connectivity index (χ3v) is 3.08. The Morgan fingerprint density at radius 3 is 2.60 bits per heavy atom. The fraction of sp³-hybridized carbons (Fsp3) is 0.357. The molecule has 2 rings (SSSR count). The van der Waals surface area contributed by atoms with Crippen molar-refractivity contribution in [1.29, 1.82) is 0 Å². The van der Waals surface area contributed by atoms with Gasteiger partial charge in [0.1, 0.15) is 0 Å². The van der Waals surface area contributed by atoms with Gasteiger partial charge in [-0.2, -0.15) is 0 Å². The Morgan fingerprint density at radius 2 is 2.05 bits per heavy atom. The van der Waals surface area contributed by atoms with Gasteiger partial charge in [-0.3, -0.25) is 14.5 Å². The highest BCUT2D eigenvalue weighted by molar-refractivity contribution is 5.98. The lowest BCUT2D eigenvalue weighted by molar-refractivity contribution is -0.123. The van der Waals surface area contributed by atoms with E-state index in [1.165, 1.54) is 16.7 Å². The lowest BCUT2D eigenvalue weighted by Gasteiger charge is -2.15. The highest BCUT2D eigenvalue weighted by Crippen LogP contribution is 2.23. The Hall–Kier alpha value is -2.37. The zero-order chi connectivity index (χ0) is 14.9. The summed E-state index contributed by atoms with van der Waals surface area (Å²) in [5.41, 5.74) is 1.03. The minimum atomic E-state index is -0.740. The first-order valence-electron chi connectivity index (χ1n) is 6.20. The highest BCUT2D eigenvalue weighted by Gasteiger charge is 2.35. The molecule has 1 unspecified atom stereocenters. The number of benzene rings is 1. The Bertz CT molecular complexity index is 568. The molecular weight excluding hydrogens is 260 g/mol. The molecule has 6 nitrogen and oxygen atoms in total. The number of hydrogen-bond donors (Lipinski definition) is 0. The third kappa shape index (κ3) is 2.64. The van der Waals surface area contributed by atoms with E-state index in [1.54, 1.807) is 38.4 Å². The molecule has 1 atom stereocenters. The van der Waals surface area contributed by atoms with Gasteiger partial charge in [0.25, 0.3) is 5.91 Å². The van der Waals surface area contributed by atoms with Crippen LogP contribution in [0.5, 0.6) is 0 Å². The first-order valence-corrected chi connectivity index (χ1v) is 6.20. The molecule has 20 heavy (non-hydrogen) atoms. The van der Waals surface area contributed by atoms with Gasteiger partial charge in [-0.15, -0.1) is 0 Å². The van der Waals surface area contributed by atoms with E-state index in [1.807, 2.05) is 0 Å². The summed E-state index contributed by atoms with van der Waals surface area (Å²) < 4.78 is 4.98. The standard InChI is InChI=1S/C14H16N2O4/c1-9(17)12-8-16(14(19)20-12)11-6-4-5-10(7-11)13(18)15(2)3/h4-7,12H,8H2,1-3H3. The molecule has 6 heteroatoms. The lowest BCUT2D eigenvalue weighted by atomic mass is 10.1. The molecule has 1 saturated heterocycles. The number of hydrogen-bond acceptors (Lipinski definition) is 4. The Kier molecular flexibility index (Phi) is 3.74. The Labute approximate surface area is 116 Å². The molecule has 0 saturated carbocycles. The number of carbonyl (C=O) groups is 3. The Balaban J connectivity index is 2.26. The van der Waals surface area contributed by atoms with Gasteiger partial charge < -0.3 is 9.64 Å². The summed E-state index contributed by atoms with van der Waals surface area (Å²) in [5, 5.41) is 0. The fourth-order valence-electron chi connectivity index (χ4n) is 1.95. The quantitative estimate of drug-likeness (QED) is 0.834. The maximum absolute atomic E-state index is 11.9. The fourth-order valence-corrected chi connectivity index (χ4v) is 1.95. The number of amides is 2. The van der Waals surface area contributed by atoms with Gasteiger partial charge in [-0.25, -0.2) is 4.79 Å². The molecule has 0 bridgehead atoms. The van der Waals surface area contributed by atoms with E-state index < -0.39 is 12.2 Å². The summed E-state index contributed by atoms with van der Waals surface area (Å²) in [6, 6.07) is 6.69. The van der Waals surface area contributed by atoms with Crippen molar-refractivity contribution in [2.24, 2.45) is 0 Å². The van der Waals surface area contributed by atoms with E-state index in [0.29, 0.717) is 11.3 Å². The van der Waals surface area contributed by atoms with Crippen LogP contribution >= 0.6 is 0 Å². The number of nitrogens with zero attached hydrogens (tertiary/aromatic N) is 2. The van der Waals surface area contributed by atoms with Crippen molar-refractivity contribution in [2.45, 2.75) is 13.0 Å². The van der Waals surface area contributed by atoms with Gasteiger partial charge >= 0.3 is 6.09 Å². The second-order valence-electron chi connectivity index (χ2n) is 4.84. The van der Waals surface area contributed by atoms with Crippen molar-refractivity contribution in [2.75, 3.05) is 25.5 Å². The predicted octanol–water partition coefficient (Wildman–Crippen LogP) is 1.30. The van der Waals surface area contributed by atoms with Crippen LogP contribution in [-0.4, -0.2) is 49.4 Å². The monoisotopic (exact) mass is 276 g/mol. The molecule has 1 fully saturated rings. The number of Topliss-reactive ketones (excluding diaryl/α,β-unsaturated/α-hetero) is 1. The summed E-state index contributed by atoms with van der Waals surface area (Å²) >= 11 is 0. The molecule has 0 aromatic heterocycles. The molecule has 1 heterocycles. The van der Waals surface area contributed by atoms with Gasteiger partial charge in [-0.05, 0) is 25.1 Å². The maximum atomic E-state index is 11.9. The Morgan fingerprint density at radius 1 is 1.35 bits per heavy atom. The molecule has 0 N–H and O–H groups in total. The number of anilines is 1. The van der Waals surface area contributed by atoms with Crippen molar-refractivity contribution < 1.29 is 19.1 Å². The van der Waals surface area contributed by atoms with E-state index in [9.17, 15) is 14.4 Å². The molecule has 1 aromatic carbocycles. The first kappa shape index (κ1) is 14.0. The third-order valence-electron chi connectivity index (χ3n) is 3.08. The molecule has 2 amide bonds. The number of cyclic esters (lactones) is 1. The summed E-state index contributed by atoms with van der Waals surface area (Å²) in [4.78, 5) is 37.7. The lowest BCUT2D eigenvalue weighted by Crippen LogP contribution is -2.27. The summed E-state index contributed by atoms with van der Waals surface area (Å²) in [6.45, 7) is 1.56. The second-order valence-corrected chi connectivity index (χ2v) is 4.84. The summed E-state index contributed by atoms with van der Waals surface area (Å²) in [5.74, 6) is -0.344. The van der Waals surface area contributed by atoms with Crippen molar-refractivity contribution in [1.82, 2.24) is 4.90 Å². The maximum Gasteiger partial charge on any atom is 0.415 e. The van der Waals surface area contributed by atoms with E-state index in [-0.39, 0.29) is 18.2 Å². The van der Waals surface area contributed by atoms with Crippen LogP contribution in [0.15, 0.2) is 24.3 Å². The molecule has 1 aliphatic heterocycles. The number of ketones is 1. The van der Waals surface area contributed by atoms with E-state index >= 15 is 0 Å². The van der Waals surface area contributed by atoms with Gasteiger partial charge in [-0.1, -0.05) is 6.07 Å². The zero-order valence-electron chi connectivity index (χ0n) is 11.6. The molecule has 1 aromatic rings. The van der Waals surface area contributed by atoms with Crippen molar-refractivity contribution in [3.05, 3.63) is 29.8 Å². The average molecular weight is 276 g/mol. The van der Waals surface area contributed by atoms with Gasteiger partial charge in [0, 0.05) is 25.3 Å². The SMILES string of the molecule is CC(=O)C1CN(c2cccc(C(=O)N(C)C)c2)C(=O)O1.